The van der Waals surface area contributed by atoms with Crippen LogP contribution in [0.5, 0.6) is 0 Å². The summed E-state index contributed by atoms with van der Waals surface area (Å²) in [6.45, 7) is 15.2. The Morgan fingerprint density at radius 1 is 0.793 bits per heavy atom. The van der Waals surface area contributed by atoms with E-state index in [1.807, 2.05) is 0 Å². The lowest BCUT2D eigenvalue weighted by Crippen LogP contribution is -2.54. The second kappa shape index (κ2) is 8.14. The van der Waals surface area contributed by atoms with E-state index in [0.29, 0.717) is 10.8 Å². The van der Waals surface area contributed by atoms with Crippen LogP contribution in [0.1, 0.15) is 112 Å². The van der Waals surface area contributed by atoms with Gasteiger partial charge in [-0.1, -0.05) is 54.4 Å². The Labute approximate surface area is 181 Å². The van der Waals surface area contributed by atoms with Crippen LogP contribution in [0, 0.1) is 58.2 Å². The summed E-state index contributed by atoms with van der Waals surface area (Å²) in [5, 5.41) is 10.3. The maximum Gasteiger partial charge on any atom is 0.0543 e. The highest BCUT2D eigenvalue weighted by atomic mass is 16.3. The Hall–Kier alpha value is -0.0400. The molecule has 0 aliphatic heterocycles. The first kappa shape index (κ1) is 22.2. The van der Waals surface area contributed by atoms with Gasteiger partial charge in [0.2, 0.25) is 0 Å². The minimum atomic E-state index is -0.0107. The molecule has 0 amide bonds. The van der Waals surface area contributed by atoms with Gasteiger partial charge in [0.1, 0.15) is 0 Å². The molecule has 1 N–H and O–H groups in total. The number of rotatable bonds is 5. The molecule has 1 nitrogen and oxygen atoms in total. The molecule has 4 aliphatic rings. The van der Waals surface area contributed by atoms with E-state index in [9.17, 15) is 5.11 Å². The van der Waals surface area contributed by atoms with Crippen LogP contribution >= 0.6 is 0 Å². The summed E-state index contributed by atoms with van der Waals surface area (Å²) in [4.78, 5) is 0. The molecule has 0 aromatic heterocycles. The Morgan fingerprint density at radius 2 is 1.48 bits per heavy atom. The minimum Gasteiger partial charge on any atom is -0.393 e. The lowest BCUT2D eigenvalue weighted by atomic mass is 9.44. The molecule has 168 valence electrons. The van der Waals surface area contributed by atoms with E-state index in [4.69, 9.17) is 0 Å². The first-order valence-electron chi connectivity index (χ1n) is 13.3. The molecule has 10 atom stereocenters. The van der Waals surface area contributed by atoms with Gasteiger partial charge >= 0.3 is 0 Å². The molecule has 4 rings (SSSR count). The third-order valence-corrected chi connectivity index (χ3v) is 11.6. The zero-order chi connectivity index (χ0) is 21.0. The second-order valence-corrected chi connectivity index (χ2v) is 13.1. The zero-order valence-electron chi connectivity index (χ0n) is 20.4. The van der Waals surface area contributed by atoms with E-state index in [0.717, 1.165) is 60.2 Å². The highest BCUT2D eigenvalue weighted by molar-refractivity contribution is 5.09. The molecule has 0 spiro atoms. The molecule has 0 unspecified atom stereocenters. The lowest BCUT2D eigenvalue weighted by molar-refractivity contribution is -0.129. The van der Waals surface area contributed by atoms with Gasteiger partial charge < -0.3 is 5.11 Å². The van der Waals surface area contributed by atoms with Crippen LogP contribution in [0.2, 0.25) is 0 Å². The molecule has 0 saturated heterocycles. The monoisotopic (exact) mass is 402 g/mol. The average molecular weight is 403 g/mol. The van der Waals surface area contributed by atoms with E-state index in [1.54, 1.807) is 0 Å². The normalized spacial score (nSPS) is 49.2. The van der Waals surface area contributed by atoms with Gasteiger partial charge in [0.25, 0.3) is 0 Å². The smallest absolute Gasteiger partial charge is 0.0543 e. The SMILES string of the molecule is CC(C)[C@@H](C)CC[C@@H](C)[C@H]1CC[C@H]2[C@@H]3CC[C@@H]4C[C@H](O)CC[C@]4(C)[C@H]3CC[C@]12C. The fourth-order valence-electron chi connectivity index (χ4n) is 9.27. The lowest BCUT2D eigenvalue weighted by Gasteiger charge is -2.61. The van der Waals surface area contributed by atoms with Crippen molar-refractivity contribution in [1.82, 2.24) is 0 Å². The van der Waals surface area contributed by atoms with Crippen molar-refractivity contribution in [3.63, 3.8) is 0 Å². The van der Waals surface area contributed by atoms with Gasteiger partial charge in [0.05, 0.1) is 6.10 Å². The predicted molar refractivity (Wildman–Crippen MR) is 124 cm³/mol. The van der Waals surface area contributed by atoms with Crippen LogP contribution in [0.25, 0.3) is 0 Å². The Bertz CT molecular complexity index is 569. The van der Waals surface area contributed by atoms with Crippen molar-refractivity contribution >= 4 is 0 Å². The standard InChI is InChI=1S/C28H50O/c1-18(2)19(3)7-8-20(4)24-11-12-25-23-10-9-21-17-22(29)13-15-27(21,5)26(23)14-16-28(24,25)6/h18-26,29H,7-17H2,1-6H3/t19-,20+,21+,22+,23-,24+,25-,26-,27-,28+/m0/s1. The fourth-order valence-corrected chi connectivity index (χ4v) is 9.27. The Balaban J connectivity index is 1.46. The van der Waals surface area contributed by atoms with Gasteiger partial charge in [-0.25, -0.2) is 0 Å². The highest BCUT2D eigenvalue weighted by Gasteiger charge is 2.60. The van der Waals surface area contributed by atoms with Gasteiger partial charge in [0, 0.05) is 0 Å². The molecule has 0 bridgehead atoms. The van der Waals surface area contributed by atoms with Crippen LogP contribution in [-0.4, -0.2) is 11.2 Å². The van der Waals surface area contributed by atoms with E-state index in [-0.39, 0.29) is 6.10 Å². The van der Waals surface area contributed by atoms with E-state index in [2.05, 4.69) is 41.5 Å². The number of aliphatic hydroxyl groups excluding tert-OH is 1. The third kappa shape index (κ3) is 3.74. The zero-order valence-corrected chi connectivity index (χ0v) is 20.4. The number of aliphatic hydroxyl groups is 1. The Morgan fingerprint density at radius 3 is 2.21 bits per heavy atom. The average Bonchev–Trinajstić information content (AvgIpc) is 3.03. The van der Waals surface area contributed by atoms with Crippen LogP contribution in [0.15, 0.2) is 0 Å². The maximum atomic E-state index is 10.3. The van der Waals surface area contributed by atoms with E-state index < -0.39 is 0 Å². The summed E-state index contributed by atoms with van der Waals surface area (Å²) < 4.78 is 0. The summed E-state index contributed by atoms with van der Waals surface area (Å²) in [5.74, 6) is 7.28. The molecule has 0 heterocycles. The molecule has 0 aromatic carbocycles. The van der Waals surface area contributed by atoms with Crippen molar-refractivity contribution in [2.75, 3.05) is 0 Å². The van der Waals surface area contributed by atoms with Crippen LogP contribution in [-0.2, 0) is 0 Å². The van der Waals surface area contributed by atoms with Crippen molar-refractivity contribution in [1.29, 1.82) is 0 Å². The number of hydrogen-bond acceptors (Lipinski definition) is 1. The van der Waals surface area contributed by atoms with Crippen LogP contribution < -0.4 is 0 Å². The van der Waals surface area contributed by atoms with Gasteiger partial charge in [0.15, 0.2) is 0 Å². The first-order chi connectivity index (χ1) is 13.7. The van der Waals surface area contributed by atoms with Crippen molar-refractivity contribution in [3.05, 3.63) is 0 Å². The fraction of sp³-hybridized carbons (Fsp3) is 1.00. The second-order valence-electron chi connectivity index (χ2n) is 13.1. The number of fused-ring (bicyclic) bond motifs is 5. The van der Waals surface area contributed by atoms with Gasteiger partial charge in [-0.15, -0.1) is 0 Å². The van der Waals surface area contributed by atoms with Crippen molar-refractivity contribution in [2.45, 2.75) is 118 Å². The van der Waals surface area contributed by atoms with Gasteiger partial charge in [-0.2, -0.15) is 0 Å². The van der Waals surface area contributed by atoms with E-state index in [1.165, 1.54) is 57.8 Å². The molecule has 4 saturated carbocycles. The predicted octanol–water partition coefficient (Wildman–Crippen LogP) is 7.71. The molecular weight excluding hydrogens is 352 g/mol. The molecule has 4 aliphatic carbocycles. The molecule has 0 aromatic rings. The molecule has 1 heteroatoms. The molecule has 0 radical (unpaired) electrons. The van der Waals surface area contributed by atoms with Crippen LogP contribution in [0.4, 0.5) is 0 Å². The van der Waals surface area contributed by atoms with Crippen molar-refractivity contribution < 1.29 is 5.11 Å². The summed E-state index contributed by atoms with van der Waals surface area (Å²) in [7, 11) is 0. The van der Waals surface area contributed by atoms with Gasteiger partial charge in [-0.05, 0) is 116 Å². The van der Waals surface area contributed by atoms with Crippen molar-refractivity contribution in [3.8, 4) is 0 Å². The first-order valence-corrected chi connectivity index (χ1v) is 13.3. The summed E-state index contributed by atoms with van der Waals surface area (Å²) >= 11 is 0. The molecule has 29 heavy (non-hydrogen) atoms. The van der Waals surface area contributed by atoms with Crippen LogP contribution in [0.3, 0.4) is 0 Å². The molecule has 4 fully saturated rings. The Kier molecular flexibility index (Phi) is 6.22. The maximum absolute atomic E-state index is 10.3. The topological polar surface area (TPSA) is 20.2 Å². The molecular formula is C28H50O. The van der Waals surface area contributed by atoms with Gasteiger partial charge in [-0.3, -0.25) is 0 Å². The highest BCUT2D eigenvalue weighted by Crippen LogP contribution is 2.68. The summed E-state index contributed by atoms with van der Waals surface area (Å²) in [6.07, 6.45) is 15.1. The van der Waals surface area contributed by atoms with Crippen molar-refractivity contribution in [2.24, 2.45) is 58.2 Å². The third-order valence-electron chi connectivity index (χ3n) is 11.6. The number of hydrogen-bond donors (Lipinski definition) is 1. The quantitative estimate of drug-likeness (QED) is 0.499. The largest absolute Gasteiger partial charge is 0.393 e. The van der Waals surface area contributed by atoms with E-state index >= 15 is 0 Å². The summed E-state index contributed by atoms with van der Waals surface area (Å²) in [5.41, 5.74) is 1.14. The minimum absolute atomic E-state index is 0.0107. The summed E-state index contributed by atoms with van der Waals surface area (Å²) in [6, 6.07) is 0.